The molecule has 0 aromatic heterocycles. The van der Waals surface area contributed by atoms with Crippen LogP contribution >= 0.6 is 0 Å². The standard InChI is InChI=1S/C15H28N2O/c1-11-5-3-6-12(2)17(10-11)15(18)14-8-4-7-13(14)9-16/h11-14H,3-10,16H2,1-2H3/t11?,12?,13-,14-/m1/s1. The van der Waals surface area contributed by atoms with E-state index in [9.17, 15) is 4.79 Å². The minimum Gasteiger partial charge on any atom is -0.339 e. The van der Waals surface area contributed by atoms with Crippen molar-refractivity contribution < 1.29 is 4.79 Å². The summed E-state index contributed by atoms with van der Waals surface area (Å²) in [4.78, 5) is 14.9. The van der Waals surface area contributed by atoms with Crippen LogP contribution in [0.3, 0.4) is 0 Å². The van der Waals surface area contributed by atoms with Crippen LogP contribution in [0.2, 0.25) is 0 Å². The molecule has 3 heteroatoms. The Morgan fingerprint density at radius 1 is 1.17 bits per heavy atom. The summed E-state index contributed by atoms with van der Waals surface area (Å²) in [6, 6.07) is 0.418. The summed E-state index contributed by atoms with van der Waals surface area (Å²) in [6.07, 6.45) is 7.06. The Labute approximate surface area is 111 Å². The van der Waals surface area contributed by atoms with Crippen LogP contribution in [-0.2, 0) is 4.79 Å². The van der Waals surface area contributed by atoms with Gasteiger partial charge in [0.15, 0.2) is 0 Å². The van der Waals surface area contributed by atoms with E-state index in [1.165, 1.54) is 19.3 Å². The number of amides is 1. The van der Waals surface area contributed by atoms with Gasteiger partial charge in [-0.2, -0.15) is 0 Å². The molecule has 2 rings (SSSR count). The molecule has 2 unspecified atom stereocenters. The van der Waals surface area contributed by atoms with Crippen LogP contribution in [0.4, 0.5) is 0 Å². The van der Waals surface area contributed by atoms with Gasteiger partial charge in [-0.15, -0.1) is 0 Å². The predicted molar refractivity (Wildman–Crippen MR) is 74.1 cm³/mol. The molecular formula is C15H28N2O. The number of nitrogens with zero attached hydrogens (tertiary/aromatic N) is 1. The van der Waals surface area contributed by atoms with Crippen molar-refractivity contribution in [2.75, 3.05) is 13.1 Å². The highest BCUT2D eigenvalue weighted by molar-refractivity contribution is 5.79. The number of hydrogen-bond acceptors (Lipinski definition) is 2. The van der Waals surface area contributed by atoms with Gasteiger partial charge < -0.3 is 10.6 Å². The molecule has 2 fully saturated rings. The molecule has 104 valence electrons. The quantitative estimate of drug-likeness (QED) is 0.820. The zero-order valence-electron chi connectivity index (χ0n) is 11.9. The number of hydrogen-bond donors (Lipinski definition) is 1. The zero-order chi connectivity index (χ0) is 13.1. The van der Waals surface area contributed by atoms with Crippen LogP contribution in [0.1, 0.15) is 52.4 Å². The van der Waals surface area contributed by atoms with Gasteiger partial charge in [-0.25, -0.2) is 0 Å². The lowest BCUT2D eigenvalue weighted by Gasteiger charge is -2.32. The predicted octanol–water partition coefficient (Wildman–Crippen LogP) is 2.40. The van der Waals surface area contributed by atoms with Crippen molar-refractivity contribution in [3.05, 3.63) is 0 Å². The van der Waals surface area contributed by atoms with Gasteiger partial charge in [-0.3, -0.25) is 4.79 Å². The van der Waals surface area contributed by atoms with Crippen LogP contribution in [0.25, 0.3) is 0 Å². The summed E-state index contributed by atoms with van der Waals surface area (Å²) < 4.78 is 0. The van der Waals surface area contributed by atoms with Crippen LogP contribution in [-0.4, -0.2) is 29.9 Å². The second-order valence-corrected chi connectivity index (χ2v) is 6.41. The lowest BCUT2D eigenvalue weighted by molar-refractivity contribution is -0.139. The molecule has 0 bridgehead atoms. The number of nitrogens with two attached hydrogens (primary N) is 1. The Balaban J connectivity index is 2.05. The molecule has 0 radical (unpaired) electrons. The Morgan fingerprint density at radius 3 is 2.61 bits per heavy atom. The summed E-state index contributed by atoms with van der Waals surface area (Å²) >= 11 is 0. The summed E-state index contributed by atoms with van der Waals surface area (Å²) in [5.41, 5.74) is 5.81. The van der Waals surface area contributed by atoms with Crippen LogP contribution < -0.4 is 5.73 Å². The topological polar surface area (TPSA) is 46.3 Å². The monoisotopic (exact) mass is 252 g/mol. The third kappa shape index (κ3) is 2.87. The molecular weight excluding hydrogens is 224 g/mol. The van der Waals surface area contributed by atoms with E-state index in [-0.39, 0.29) is 5.92 Å². The first-order chi connectivity index (χ1) is 8.63. The fraction of sp³-hybridized carbons (Fsp3) is 0.933. The van der Waals surface area contributed by atoms with Crippen LogP contribution in [0.5, 0.6) is 0 Å². The van der Waals surface area contributed by atoms with Gasteiger partial charge in [0.2, 0.25) is 5.91 Å². The Bertz CT molecular complexity index is 292. The zero-order valence-corrected chi connectivity index (χ0v) is 11.9. The SMILES string of the molecule is CC1CCCC(C)N(C(=O)[C@@H]2CCC[C@@H]2CN)C1. The van der Waals surface area contributed by atoms with Crippen molar-refractivity contribution in [2.24, 2.45) is 23.5 Å². The lowest BCUT2D eigenvalue weighted by atomic mass is 9.94. The summed E-state index contributed by atoms with van der Waals surface area (Å²) in [5.74, 6) is 1.69. The molecule has 2 N–H and O–H groups in total. The number of likely N-dealkylation sites (tertiary alicyclic amines) is 1. The molecule has 2 aliphatic rings. The number of rotatable bonds is 2. The first kappa shape index (κ1) is 13.9. The fourth-order valence-electron chi connectivity index (χ4n) is 3.69. The molecule has 0 spiro atoms. The molecule has 1 saturated carbocycles. The highest BCUT2D eigenvalue weighted by Gasteiger charge is 2.36. The van der Waals surface area contributed by atoms with Gasteiger partial charge in [0.25, 0.3) is 0 Å². The summed E-state index contributed by atoms with van der Waals surface area (Å²) in [6.45, 7) is 6.11. The molecule has 3 nitrogen and oxygen atoms in total. The average molecular weight is 252 g/mol. The van der Waals surface area contributed by atoms with Gasteiger partial charge in [-0.1, -0.05) is 19.8 Å². The second kappa shape index (κ2) is 6.05. The molecule has 1 heterocycles. The van der Waals surface area contributed by atoms with E-state index in [1.54, 1.807) is 0 Å². The lowest BCUT2D eigenvalue weighted by Crippen LogP contribution is -2.44. The fourth-order valence-corrected chi connectivity index (χ4v) is 3.69. The van der Waals surface area contributed by atoms with Gasteiger partial charge in [0.1, 0.15) is 0 Å². The van der Waals surface area contributed by atoms with Crippen molar-refractivity contribution in [1.82, 2.24) is 4.90 Å². The molecule has 18 heavy (non-hydrogen) atoms. The van der Waals surface area contributed by atoms with Gasteiger partial charge in [0.05, 0.1) is 0 Å². The van der Waals surface area contributed by atoms with E-state index < -0.39 is 0 Å². The Kier molecular flexibility index (Phi) is 4.66. The van der Waals surface area contributed by atoms with Crippen molar-refractivity contribution in [3.63, 3.8) is 0 Å². The smallest absolute Gasteiger partial charge is 0.226 e. The molecule has 1 saturated heterocycles. The minimum absolute atomic E-state index is 0.211. The summed E-state index contributed by atoms with van der Waals surface area (Å²) in [5, 5.41) is 0. The largest absolute Gasteiger partial charge is 0.339 e. The molecule has 0 aromatic rings. The number of carbonyl (C=O) groups is 1. The highest BCUT2D eigenvalue weighted by atomic mass is 16.2. The van der Waals surface area contributed by atoms with Gasteiger partial charge in [0, 0.05) is 18.5 Å². The highest BCUT2D eigenvalue weighted by Crippen LogP contribution is 2.34. The van der Waals surface area contributed by atoms with Crippen LogP contribution in [0, 0.1) is 17.8 Å². The van der Waals surface area contributed by atoms with E-state index in [1.807, 2.05) is 0 Å². The van der Waals surface area contributed by atoms with Crippen LogP contribution in [0.15, 0.2) is 0 Å². The van der Waals surface area contributed by atoms with E-state index in [4.69, 9.17) is 5.73 Å². The van der Waals surface area contributed by atoms with Crippen molar-refractivity contribution in [3.8, 4) is 0 Å². The van der Waals surface area contributed by atoms with E-state index in [0.29, 0.717) is 30.3 Å². The summed E-state index contributed by atoms with van der Waals surface area (Å²) in [7, 11) is 0. The van der Waals surface area contributed by atoms with Gasteiger partial charge in [-0.05, 0) is 51.0 Å². The van der Waals surface area contributed by atoms with E-state index in [0.717, 1.165) is 25.8 Å². The van der Waals surface area contributed by atoms with E-state index in [2.05, 4.69) is 18.7 Å². The third-order valence-corrected chi connectivity index (χ3v) is 4.92. The van der Waals surface area contributed by atoms with Crippen molar-refractivity contribution in [2.45, 2.75) is 58.4 Å². The average Bonchev–Trinajstić information content (AvgIpc) is 2.76. The molecule has 0 aromatic carbocycles. The first-order valence-electron chi connectivity index (χ1n) is 7.64. The Morgan fingerprint density at radius 2 is 1.89 bits per heavy atom. The maximum Gasteiger partial charge on any atom is 0.226 e. The van der Waals surface area contributed by atoms with Gasteiger partial charge >= 0.3 is 0 Å². The molecule has 1 amide bonds. The third-order valence-electron chi connectivity index (χ3n) is 4.92. The number of carbonyl (C=O) groups excluding carboxylic acids is 1. The minimum atomic E-state index is 0.211. The maximum atomic E-state index is 12.7. The normalized spacial score (nSPS) is 37.6. The van der Waals surface area contributed by atoms with E-state index >= 15 is 0 Å². The maximum absolute atomic E-state index is 12.7. The van der Waals surface area contributed by atoms with Crippen molar-refractivity contribution in [1.29, 1.82) is 0 Å². The molecule has 4 atom stereocenters. The molecule has 1 aliphatic carbocycles. The van der Waals surface area contributed by atoms with Crippen molar-refractivity contribution >= 4 is 5.91 Å². The Hall–Kier alpha value is -0.570. The second-order valence-electron chi connectivity index (χ2n) is 6.41. The first-order valence-corrected chi connectivity index (χ1v) is 7.64. The molecule has 1 aliphatic heterocycles.